The molecular weight excluding hydrogens is 516 g/mol. The molecule has 1 saturated carbocycles. The van der Waals surface area contributed by atoms with Crippen LogP contribution in [0.4, 0.5) is 4.79 Å². The average Bonchev–Trinajstić information content (AvgIpc) is 3.40. The largest absolute Gasteiger partial charge is 0.457 e. The van der Waals surface area contributed by atoms with E-state index in [1.165, 1.54) is 7.05 Å². The average molecular weight is 551 g/mol. The molecule has 1 aliphatic rings. The molecule has 210 valence electrons. The first-order valence-electron chi connectivity index (χ1n) is 13.4. The molecule has 41 heavy (non-hydrogen) atoms. The molecule has 7 nitrogen and oxygen atoms in total. The first-order valence-corrected chi connectivity index (χ1v) is 13.4. The molecular formula is C34H34N2O5. The van der Waals surface area contributed by atoms with Gasteiger partial charge in [0.25, 0.3) is 0 Å². The van der Waals surface area contributed by atoms with Crippen molar-refractivity contribution in [1.29, 1.82) is 5.26 Å². The van der Waals surface area contributed by atoms with Crippen molar-refractivity contribution >= 4 is 22.8 Å². The van der Waals surface area contributed by atoms with Crippen LogP contribution in [0.3, 0.4) is 0 Å². The lowest BCUT2D eigenvalue weighted by molar-refractivity contribution is -0.150. The number of hydrogen-bond donors (Lipinski definition) is 1. The Hall–Kier alpha value is -4.83. The molecule has 1 atom stereocenters. The highest BCUT2D eigenvalue weighted by Gasteiger charge is 2.69. The summed E-state index contributed by atoms with van der Waals surface area (Å²) in [4.78, 5) is 23.6. The Labute approximate surface area is 240 Å². The van der Waals surface area contributed by atoms with Crippen molar-refractivity contribution in [3.63, 3.8) is 0 Å². The Balaban J connectivity index is 0.000000218. The molecule has 0 spiro atoms. The Morgan fingerprint density at radius 1 is 0.829 bits per heavy atom. The van der Waals surface area contributed by atoms with E-state index in [0.29, 0.717) is 22.8 Å². The number of ether oxygens (including phenoxy) is 3. The Bertz CT molecular complexity index is 1550. The lowest BCUT2D eigenvalue weighted by Gasteiger charge is -2.14. The molecule has 0 saturated heterocycles. The molecule has 1 fully saturated rings. The summed E-state index contributed by atoms with van der Waals surface area (Å²) in [6.07, 6.45) is -1.40. The van der Waals surface area contributed by atoms with E-state index < -0.39 is 12.2 Å². The van der Waals surface area contributed by atoms with Crippen LogP contribution in [-0.2, 0) is 9.53 Å². The summed E-state index contributed by atoms with van der Waals surface area (Å²) >= 11 is 0. The van der Waals surface area contributed by atoms with Crippen molar-refractivity contribution in [2.45, 2.75) is 33.8 Å². The van der Waals surface area contributed by atoms with Gasteiger partial charge in [0, 0.05) is 18.0 Å². The Morgan fingerprint density at radius 3 is 2.10 bits per heavy atom. The number of benzene rings is 4. The molecule has 5 rings (SSSR count). The van der Waals surface area contributed by atoms with Crippen molar-refractivity contribution in [3.8, 4) is 23.3 Å². The predicted octanol–water partition coefficient (Wildman–Crippen LogP) is 7.83. The Kier molecular flexibility index (Phi) is 8.63. The SMILES string of the molecule is CC1(C)C(C(=O)OC(C#N)c2cccc(Oc3ccccc3)c2)C1(C)C.CNC(=O)Oc1cccc2ccccc12. The summed E-state index contributed by atoms with van der Waals surface area (Å²) < 4.78 is 16.5. The van der Waals surface area contributed by atoms with Crippen LogP contribution in [0.15, 0.2) is 97.1 Å². The van der Waals surface area contributed by atoms with Gasteiger partial charge in [-0.1, -0.05) is 94.4 Å². The fourth-order valence-corrected chi connectivity index (χ4v) is 4.94. The zero-order valence-corrected chi connectivity index (χ0v) is 23.9. The van der Waals surface area contributed by atoms with Crippen LogP contribution >= 0.6 is 0 Å². The molecule has 0 heterocycles. The van der Waals surface area contributed by atoms with Gasteiger partial charge in [0.2, 0.25) is 6.10 Å². The first-order chi connectivity index (χ1) is 19.6. The minimum absolute atomic E-state index is 0.123. The zero-order chi connectivity index (χ0) is 29.6. The van der Waals surface area contributed by atoms with Gasteiger partial charge in [0.1, 0.15) is 23.3 Å². The van der Waals surface area contributed by atoms with Crippen molar-refractivity contribution in [2.75, 3.05) is 7.05 Å². The van der Waals surface area contributed by atoms with Crippen LogP contribution in [-0.4, -0.2) is 19.1 Å². The lowest BCUT2D eigenvalue weighted by atomic mass is 10.0. The van der Waals surface area contributed by atoms with Crippen molar-refractivity contribution in [2.24, 2.45) is 16.7 Å². The number of amides is 1. The van der Waals surface area contributed by atoms with Gasteiger partial charge in [-0.2, -0.15) is 5.26 Å². The molecule has 4 aromatic rings. The maximum atomic E-state index is 12.6. The van der Waals surface area contributed by atoms with Gasteiger partial charge >= 0.3 is 12.1 Å². The summed E-state index contributed by atoms with van der Waals surface area (Å²) in [5, 5.41) is 13.9. The normalized spacial score (nSPS) is 15.3. The van der Waals surface area contributed by atoms with Crippen molar-refractivity contribution in [1.82, 2.24) is 5.32 Å². The molecule has 7 heteroatoms. The zero-order valence-electron chi connectivity index (χ0n) is 23.9. The lowest BCUT2D eigenvalue weighted by Crippen LogP contribution is -2.22. The number of nitrogens with one attached hydrogen (secondary N) is 1. The van der Waals surface area contributed by atoms with Crippen LogP contribution in [0, 0.1) is 28.1 Å². The fourth-order valence-electron chi connectivity index (χ4n) is 4.94. The molecule has 1 aliphatic carbocycles. The summed E-state index contributed by atoms with van der Waals surface area (Å²) in [5.74, 6) is 1.36. The minimum Gasteiger partial charge on any atom is -0.457 e. The highest BCUT2D eigenvalue weighted by molar-refractivity contribution is 5.90. The number of esters is 1. The van der Waals surface area contributed by atoms with Gasteiger partial charge in [-0.3, -0.25) is 4.79 Å². The van der Waals surface area contributed by atoms with Crippen molar-refractivity contribution in [3.05, 3.63) is 103 Å². The van der Waals surface area contributed by atoms with E-state index in [1.807, 2.05) is 66.7 Å². The van der Waals surface area contributed by atoms with E-state index >= 15 is 0 Å². The molecule has 1 N–H and O–H groups in total. The van der Waals surface area contributed by atoms with Crippen LogP contribution in [0.1, 0.15) is 39.4 Å². The van der Waals surface area contributed by atoms with Gasteiger partial charge in [0.05, 0.1) is 5.92 Å². The number of carbonyl (C=O) groups excluding carboxylic acids is 2. The summed E-state index contributed by atoms with van der Waals surface area (Å²) in [6, 6.07) is 31.9. The molecule has 0 bridgehead atoms. The quantitative estimate of drug-likeness (QED) is 0.246. The van der Waals surface area contributed by atoms with Crippen molar-refractivity contribution < 1.29 is 23.8 Å². The second-order valence-corrected chi connectivity index (χ2v) is 10.9. The number of rotatable bonds is 6. The number of hydrogen-bond acceptors (Lipinski definition) is 6. The van der Waals surface area contributed by atoms with Crippen LogP contribution in [0.2, 0.25) is 0 Å². The third kappa shape index (κ3) is 6.50. The number of fused-ring (bicyclic) bond motifs is 1. The highest BCUT2D eigenvalue weighted by Crippen LogP contribution is 2.68. The maximum absolute atomic E-state index is 12.6. The van der Waals surface area contributed by atoms with E-state index in [-0.39, 0.29) is 22.7 Å². The van der Waals surface area contributed by atoms with Gasteiger partial charge in [-0.25, -0.2) is 4.79 Å². The van der Waals surface area contributed by atoms with Gasteiger partial charge in [-0.05, 0) is 46.5 Å². The summed E-state index contributed by atoms with van der Waals surface area (Å²) in [5.41, 5.74) is 0.357. The monoisotopic (exact) mass is 550 g/mol. The van der Waals surface area contributed by atoms with E-state index in [0.717, 1.165) is 10.8 Å². The second kappa shape index (κ2) is 12.1. The predicted molar refractivity (Wildman–Crippen MR) is 157 cm³/mol. The van der Waals surface area contributed by atoms with Gasteiger partial charge < -0.3 is 19.5 Å². The van der Waals surface area contributed by atoms with Crippen LogP contribution in [0.25, 0.3) is 10.8 Å². The standard InChI is InChI=1S/C22H23NO3.C12H11NO2/c1-21(2)19(22(21,3)4)20(24)26-18(14-23)15-9-8-12-17(13-15)25-16-10-6-5-7-11-16;1-13-12(14)15-11-8-4-6-9-5-2-3-7-10(9)11/h5-13,18-19H,1-4H3;2-8H,1H3,(H,13,14). The maximum Gasteiger partial charge on any atom is 0.412 e. The highest BCUT2D eigenvalue weighted by atomic mass is 16.6. The van der Waals surface area contributed by atoms with E-state index in [1.54, 1.807) is 30.3 Å². The molecule has 1 unspecified atom stereocenters. The van der Waals surface area contributed by atoms with E-state index in [9.17, 15) is 14.9 Å². The number of nitrogens with zero attached hydrogens (tertiary/aromatic N) is 1. The minimum atomic E-state index is -0.950. The van der Waals surface area contributed by atoms with Crippen LogP contribution in [0.5, 0.6) is 17.2 Å². The van der Waals surface area contributed by atoms with E-state index in [4.69, 9.17) is 14.2 Å². The summed E-state index contributed by atoms with van der Waals surface area (Å²) in [7, 11) is 1.54. The third-order valence-corrected chi connectivity index (χ3v) is 7.90. The smallest absolute Gasteiger partial charge is 0.412 e. The third-order valence-electron chi connectivity index (χ3n) is 7.90. The first kappa shape index (κ1) is 29.2. The molecule has 1 amide bonds. The topological polar surface area (TPSA) is 97.7 Å². The molecule has 4 aromatic carbocycles. The number of carbonyl (C=O) groups is 2. The van der Waals surface area contributed by atoms with Gasteiger partial charge in [-0.15, -0.1) is 0 Å². The summed E-state index contributed by atoms with van der Waals surface area (Å²) in [6.45, 7) is 8.20. The Morgan fingerprint density at radius 2 is 1.44 bits per heavy atom. The van der Waals surface area contributed by atoms with Gasteiger partial charge in [0.15, 0.2) is 0 Å². The number of para-hydroxylation sites is 1. The fraction of sp³-hybridized carbons (Fsp3) is 0.265. The molecule has 0 radical (unpaired) electrons. The second-order valence-electron chi connectivity index (χ2n) is 10.9. The molecule has 0 aromatic heterocycles. The molecule has 0 aliphatic heterocycles. The number of nitriles is 1. The van der Waals surface area contributed by atoms with E-state index in [2.05, 4.69) is 39.1 Å². The van der Waals surface area contributed by atoms with Crippen LogP contribution < -0.4 is 14.8 Å².